The number of rotatable bonds is 7. The summed E-state index contributed by atoms with van der Waals surface area (Å²) in [4.78, 5) is 16.8. The molecule has 0 unspecified atom stereocenters. The number of amides is 1. The summed E-state index contributed by atoms with van der Waals surface area (Å²) in [7, 11) is 1.64. The smallest absolute Gasteiger partial charge is 0.230 e. The third kappa shape index (κ3) is 5.76. The number of nitrogens with zero attached hydrogens (tertiary/aromatic N) is 1. The van der Waals surface area contributed by atoms with E-state index in [2.05, 4.69) is 10.3 Å². The third-order valence-corrected chi connectivity index (χ3v) is 5.87. The van der Waals surface area contributed by atoms with Gasteiger partial charge in [0.2, 0.25) is 11.8 Å². The van der Waals surface area contributed by atoms with Gasteiger partial charge in [0.15, 0.2) is 0 Å². The zero-order valence-electron chi connectivity index (χ0n) is 16.1. The Kier molecular flexibility index (Phi) is 7.21. The molecule has 1 heterocycles. The lowest BCUT2D eigenvalue weighted by atomic mass is 10.1. The minimum absolute atomic E-state index is 0.128. The number of carbonyl (C=O) groups is 1. The quantitative estimate of drug-likeness (QED) is 0.695. The first-order valence-electron chi connectivity index (χ1n) is 9.63. The maximum atomic E-state index is 12.2. The van der Waals surface area contributed by atoms with Gasteiger partial charge in [-0.1, -0.05) is 25.7 Å². The number of carbonyl (C=O) groups excluding carboxylic acids is 1. The van der Waals surface area contributed by atoms with Gasteiger partial charge in [-0.05, 0) is 44.0 Å². The molecule has 0 radical (unpaired) electrons. The summed E-state index contributed by atoms with van der Waals surface area (Å²) < 4.78 is 11.0. The van der Waals surface area contributed by atoms with Gasteiger partial charge in [0.1, 0.15) is 11.5 Å². The van der Waals surface area contributed by atoms with Crippen LogP contribution in [0.2, 0.25) is 0 Å². The molecule has 0 saturated heterocycles. The fourth-order valence-electron chi connectivity index (χ4n) is 3.35. The van der Waals surface area contributed by atoms with Crippen LogP contribution in [0.15, 0.2) is 28.7 Å². The highest BCUT2D eigenvalue weighted by Gasteiger charge is 2.16. The molecule has 146 valence electrons. The number of methoxy groups -OCH3 is 1. The first-order chi connectivity index (χ1) is 13.2. The minimum atomic E-state index is 0.128. The SMILES string of the molecule is COc1ccc(-c2nc(CSCC(=O)NC3CCCCCC3)c(C)o2)cc1. The van der Waals surface area contributed by atoms with Gasteiger partial charge in [0.05, 0.1) is 18.6 Å². The highest BCUT2D eigenvalue weighted by Crippen LogP contribution is 2.26. The van der Waals surface area contributed by atoms with E-state index in [0.29, 0.717) is 23.4 Å². The van der Waals surface area contributed by atoms with E-state index in [9.17, 15) is 4.79 Å². The monoisotopic (exact) mass is 388 g/mol. The molecule has 1 N–H and O–H groups in total. The molecule has 1 aliphatic rings. The molecule has 0 atom stereocenters. The average Bonchev–Trinajstić information content (AvgIpc) is 2.87. The first kappa shape index (κ1) is 19.8. The van der Waals surface area contributed by atoms with Crippen molar-refractivity contribution in [2.45, 2.75) is 57.2 Å². The number of benzene rings is 1. The van der Waals surface area contributed by atoms with Crippen LogP contribution in [0.4, 0.5) is 0 Å². The van der Waals surface area contributed by atoms with Crippen molar-refractivity contribution in [3.05, 3.63) is 35.7 Å². The Hall–Kier alpha value is -1.95. The van der Waals surface area contributed by atoms with E-state index in [-0.39, 0.29) is 5.91 Å². The fraction of sp³-hybridized carbons (Fsp3) is 0.524. The molecule has 0 spiro atoms. The molecular formula is C21H28N2O3S. The largest absolute Gasteiger partial charge is 0.497 e. The predicted octanol–water partition coefficient (Wildman–Crippen LogP) is 4.73. The van der Waals surface area contributed by atoms with Crippen molar-refractivity contribution in [1.82, 2.24) is 10.3 Å². The van der Waals surface area contributed by atoms with E-state index in [1.54, 1.807) is 18.9 Å². The number of hydrogen-bond acceptors (Lipinski definition) is 5. The van der Waals surface area contributed by atoms with Crippen molar-refractivity contribution < 1.29 is 13.9 Å². The maximum absolute atomic E-state index is 12.2. The maximum Gasteiger partial charge on any atom is 0.230 e. The lowest BCUT2D eigenvalue weighted by molar-refractivity contribution is -0.119. The standard InChI is InChI=1S/C21H28N2O3S/c1-15-19(23-21(26-15)16-9-11-18(25-2)12-10-16)13-27-14-20(24)22-17-7-5-3-4-6-8-17/h9-12,17H,3-8,13-14H2,1-2H3,(H,22,24). The Morgan fingerprint density at radius 1 is 1.22 bits per heavy atom. The molecule has 1 aromatic carbocycles. The average molecular weight is 389 g/mol. The Morgan fingerprint density at radius 2 is 1.93 bits per heavy atom. The zero-order valence-corrected chi connectivity index (χ0v) is 16.9. The Bertz CT molecular complexity index is 734. The van der Waals surface area contributed by atoms with Crippen LogP contribution in [-0.4, -0.2) is 29.8 Å². The van der Waals surface area contributed by atoms with Crippen molar-refractivity contribution >= 4 is 17.7 Å². The lowest BCUT2D eigenvalue weighted by Crippen LogP contribution is -2.35. The molecule has 1 aliphatic carbocycles. The summed E-state index contributed by atoms with van der Waals surface area (Å²) in [5.74, 6) is 3.47. The summed E-state index contributed by atoms with van der Waals surface area (Å²) in [6.45, 7) is 1.92. The summed E-state index contributed by atoms with van der Waals surface area (Å²) in [6.07, 6.45) is 7.27. The van der Waals surface area contributed by atoms with Crippen LogP contribution in [0.3, 0.4) is 0 Å². The Balaban J connectivity index is 1.49. The Labute approximate surface area is 165 Å². The van der Waals surface area contributed by atoms with E-state index < -0.39 is 0 Å². The van der Waals surface area contributed by atoms with Gasteiger partial charge in [-0.2, -0.15) is 0 Å². The van der Waals surface area contributed by atoms with E-state index in [1.807, 2.05) is 31.2 Å². The van der Waals surface area contributed by atoms with Crippen LogP contribution < -0.4 is 10.1 Å². The van der Waals surface area contributed by atoms with Crippen molar-refractivity contribution in [3.63, 3.8) is 0 Å². The second-order valence-electron chi connectivity index (χ2n) is 7.00. The first-order valence-corrected chi connectivity index (χ1v) is 10.8. The zero-order chi connectivity index (χ0) is 19.1. The molecule has 0 bridgehead atoms. The predicted molar refractivity (Wildman–Crippen MR) is 109 cm³/mol. The highest BCUT2D eigenvalue weighted by molar-refractivity contribution is 7.99. The number of ether oxygens (including phenoxy) is 1. The number of aryl methyl sites for hydroxylation is 1. The van der Waals surface area contributed by atoms with Gasteiger partial charge in [-0.25, -0.2) is 4.98 Å². The van der Waals surface area contributed by atoms with E-state index in [1.165, 1.54) is 25.7 Å². The molecule has 5 nitrogen and oxygen atoms in total. The normalized spacial score (nSPS) is 15.3. The van der Waals surface area contributed by atoms with Gasteiger partial charge in [-0.3, -0.25) is 4.79 Å². The number of hydrogen-bond donors (Lipinski definition) is 1. The second-order valence-corrected chi connectivity index (χ2v) is 7.98. The second kappa shape index (κ2) is 9.83. The van der Waals surface area contributed by atoms with Gasteiger partial charge < -0.3 is 14.5 Å². The third-order valence-electron chi connectivity index (χ3n) is 4.92. The molecule has 1 fully saturated rings. The van der Waals surface area contributed by atoms with Crippen LogP contribution >= 0.6 is 11.8 Å². The Morgan fingerprint density at radius 3 is 2.59 bits per heavy atom. The number of nitrogens with one attached hydrogen (secondary N) is 1. The van der Waals surface area contributed by atoms with Gasteiger partial charge in [0.25, 0.3) is 0 Å². The molecule has 1 aromatic heterocycles. The van der Waals surface area contributed by atoms with Crippen LogP contribution in [0, 0.1) is 6.92 Å². The molecule has 6 heteroatoms. The summed E-state index contributed by atoms with van der Waals surface area (Å²) in [5, 5.41) is 3.19. The molecule has 2 aromatic rings. The molecular weight excluding hydrogens is 360 g/mol. The van der Waals surface area contributed by atoms with Gasteiger partial charge in [0, 0.05) is 17.4 Å². The lowest BCUT2D eigenvalue weighted by Gasteiger charge is -2.15. The van der Waals surface area contributed by atoms with Crippen LogP contribution in [0.1, 0.15) is 50.0 Å². The molecule has 1 saturated carbocycles. The highest BCUT2D eigenvalue weighted by atomic mass is 32.2. The summed E-state index contributed by atoms with van der Waals surface area (Å²) >= 11 is 1.58. The number of oxazole rings is 1. The molecule has 0 aliphatic heterocycles. The molecule has 27 heavy (non-hydrogen) atoms. The minimum Gasteiger partial charge on any atom is -0.497 e. The molecule has 1 amide bonds. The fourth-order valence-corrected chi connectivity index (χ4v) is 4.18. The molecule has 3 rings (SSSR count). The van der Waals surface area contributed by atoms with Crippen LogP contribution in [-0.2, 0) is 10.5 Å². The summed E-state index contributed by atoms with van der Waals surface area (Å²) in [5.41, 5.74) is 1.81. The van der Waals surface area contributed by atoms with Crippen molar-refractivity contribution in [2.24, 2.45) is 0 Å². The van der Waals surface area contributed by atoms with Crippen LogP contribution in [0.5, 0.6) is 5.75 Å². The van der Waals surface area contributed by atoms with Gasteiger partial charge >= 0.3 is 0 Å². The van der Waals surface area contributed by atoms with Crippen molar-refractivity contribution in [2.75, 3.05) is 12.9 Å². The van der Waals surface area contributed by atoms with Gasteiger partial charge in [-0.15, -0.1) is 11.8 Å². The van der Waals surface area contributed by atoms with Crippen LogP contribution in [0.25, 0.3) is 11.5 Å². The van der Waals surface area contributed by atoms with Crippen molar-refractivity contribution in [3.8, 4) is 17.2 Å². The number of aromatic nitrogens is 1. The van der Waals surface area contributed by atoms with E-state index in [4.69, 9.17) is 9.15 Å². The van der Waals surface area contributed by atoms with E-state index in [0.717, 1.165) is 35.6 Å². The van der Waals surface area contributed by atoms with E-state index >= 15 is 0 Å². The number of thioether (sulfide) groups is 1. The summed E-state index contributed by atoms with van der Waals surface area (Å²) in [6, 6.07) is 8.00. The van der Waals surface area contributed by atoms with Crippen molar-refractivity contribution in [1.29, 1.82) is 0 Å². The topological polar surface area (TPSA) is 64.4 Å².